The van der Waals surface area contributed by atoms with Crippen molar-refractivity contribution in [1.82, 2.24) is 10.2 Å². The van der Waals surface area contributed by atoms with Crippen LogP contribution in [0.5, 0.6) is 0 Å². The van der Waals surface area contributed by atoms with Crippen molar-refractivity contribution in [2.75, 3.05) is 20.6 Å². The monoisotopic (exact) mass is 351 g/mol. The molecule has 0 aliphatic rings. The maximum Gasteiger partial charge on any atom is 0.193 e. The topological polar surface area (TPSA) is 40.8 Å². The first kappa shape index (κ1) is 16.3. The second kappa shape index (κ2) is 9.32. The lowest BCUT2D eigenvalue weighted by atomic mass is 10.3. The molecule has 0 radical (unpaired) electrons. The van der Waals surface area contributed by atoms with Crippen LogP contribution in [-0.4, -0.2) is 31.5 Å². The zero-order chi connectivity index (χ0) is 11.8. The Morgan fingerprint density at radius 1 is 1.53 bits per heavy atom. The Balaban J connectivity index is 0.00000256. The summed E-state index contributed by atoms with van der Waals surface area (Å²) in [6.45, 7) is 3.89. The van der Waals surface area contributed by atoms with Crippen LogP contribution in [0.1, 0.15) is 25.5 Å². The minimum absolute atomic E-state index is 0. The van der Waals surface area contributed by atoms with Gasteiger partial charge in [-0.3, -0.25) is 4.99 Å². The molecule has 0 fully saturated rings. The Morgan fingerprint density at radius 2 is 2.29 bits per heavy atom. The van der Waals surface area contributed by atoms with Crippen LogP contribution in [0.2, 0.25) is 0 Å². The third kappa shape index (κ3) is 5.95. The van der Waals surface area contributed by atoms with Gasteiger partial charge < -0.3 is 14.6 Å². The molecule has 0 saturated carbocycles. The molecule has 0 atom stereocenters. The zero-order valence-electron chi connectivity index (χ0n) is 10.8. The number of rotatable bonds is 5. The summed E-state index contributed by atoms with van der Waals surface area (Å²) in [4.78, 5) is 6.36. The van der Waals surface area contributed by atoms with E-state index < -0.39 is 0 Å². The molecule has 4 nitrogen and oxygen atoms in total. The maximum atomic E-state index is 5.25. The molecular formula is C12H22IN3O. The van der Waals surface area contributed by atoms with Crippen LogP contribution < -0.4 is 5.32 Å². The second-order valence-electron chi connectivity index (χ2n) is 3.76. The van der Waals surface area contributed by atoms with Gasteiger partial charge in [-0.2, -0.15) is 0 Å². The van der Waals surface area contributed by atoms with E-state index in [1.54, 1.807) is 13.3 Å². The molecule has 0 saturated heterocycles. The number of aliphatic imine (C=N–C) groups is 1. The van der Waals surface area contributed by atoms with E-state index in [1.165, 1.54) is 12.8 Å². The lowest BCUT2D eigenvalue weighted by Crippen LogP contribution is -2.38. The van der Waals surface area contributed by atoms with Crippen molar-refractivity contribution in [3.63, 3.8) is 0 Å². The Hall–Kier alpha value is -0.720. The molecule has 0 bridgehead atoms. The average Bonchev–Trinajstić information content (AvgIpc) is 2.80. The van der Waals surface area contributed by atoms with Crippen LogP contribution in [0.4, 0.5) is 0 Å². The number of unbranched alkanes of at least 4 members (excludes halogenated alkanes) is 1. The van der Waals surface area contributed by atoms with Crippen LogP contribution in [0.15, 0.2) is 27.8 Å². The predicted octanol–water partition coefficient (Wildman–Crippen LogP) is 2.70. The SMILES string of the molecule is CCCCN(C)C(=NC)NCc1ccco1.I. The highest BCUT2D eigenvalue weighted by Crippen LogP contribution is 1.99. The van der Waals surface area contributed by atoms with Crippen molar-refractivity contribution in [1.29, 1.82) is 0 Å². The first-order valence-corrected chi connectivity index (χ1v) is 5.72. The van der Waals surface area contributed by atoms with Gasteiger partial charge in [0.15, 0.2) is 5.96 Å². The van der Waals surface area contributed by atoms with E-state index in [9.17, 15) is 0 Å². The molecule has 98 valence electrons. The van der Waals surface area contributed by atoms with Crippen molar-refractivity contribution < 1.29 is 4.42 Å². The molecule has 5 heteroatoms. The molecule has 0 spiro atoms. The van der Waals surface area contributed by atoms with Crippen LogP contribution in [0.3, 0.4) is 0 Å². The Kier molecular flexibility index (Phi) is 8.93. The van der Waals surface area contributed by atoms with Crippen LogP contribution >= 0.6 is 24.0 Å². The van der Waals surface area contributed by atoms with Gasteiger partial charge in [0.2, 0.25) is 0 Å². The number of nitrogens with zero attached hydrogens (tertiary/aromatic N) is 2. The Bertz CT molecular complexity index is 312. The lowest BCUT2D eigenvalue weighted by Gasteiger charge is -2.21. The highest BCUT2D eigenvalue weighted by molar-refractivity contribution is 14.0. The van der Waals surface area contributed by atoms with E-state index in [1.807, 2.05) is 19.2 Å². The molecule has 1 heterocycles. The minimum Gasteiger partial charge on any atom is -0.467 e. The fourth-order valence-electron chi connectivity index (χ4n) is 1.47. The van der Waals surface area contributed by atoms with E-state index in [0.29, 0.717) is 6.54 Å². The summed E-state index contributed by atoms with van der Waals surface area (Å²) in [5.41, 5.74) is 0. The summed E-state index contributed by atoms with van der Waals surface area (Å²) in [6.07, 6.45) is 4.05. The molecule has 1 rings (SSSR count). The van der Waals surface area contributed by atoms with Crippen molar-refractivity contribution in [3.05, 3.63) is 24.2 Å². The number of hydrogen-bond acceptors (Lipinski definition) is 2. The number of halogens is 1. The maximum absolute atomic E-state index is 5.25. The van der Waals surface area contributed by atoms with Crippen LogP contribution in [0.25, 0.3) is 0 Å². The van der Waals surface area contributed by atoms with Crippen LogP contribution in [-0.2, 0) is 6.54 Å². The van der Waals surface area contributed by atoms with E-state index >= 15 is 0 Å². The molecule has 1 aromatic rings. The quantitative estimate of drug-likeness (QED) is 0.504. The molecule has 17 heavy (non-hydrogen) atoms. The van der Waals surface area contributed by atoms with Crippen molar-refractivity contribution in [3.8, 4) is 0 Å². The number of furan rings is 1. The average molecular weight is 351 g/mol. The van der Waals surface area contributed by atoms with E-state index in [-0.39, 0.29) is 24.0 Å². The lowest BCUT2D eigenvalue weighted by molar-refractivity contribution is 0.452. The molecule has 1 N–H and O–H groups in total. The first-order valence-electron chi connectivity index (χ1n) is 5.72. The summed E-state index contributed by atoms with van der Waals surface area (Å²) in [6, 6.07) is 3.84. The van der Waals surface area contributed by atoms with Gasteiger partial charge in [0.1, 0.15) is 5.76 Å². The smallest absolute Gasteiger partial charge is 0.193 e. The van der Waals surface area contributed by atoms with Gasteiger partial charge in [0, 0.05) is 20.6 Å². The van der Waals surface area contributed by atoms with E-state index in [0.717, 1.165) is 18.3 Å². The van der Waals surface area contributed by atoms with Gasteiger partial charge in [0.05, 0.1) is 12.8 Å². The summed E-state index contributed by atoms with van der Waals surface area (Å²) in [7, 11) is 3.85. The normalized spacial score (nSPS) is 10.9. The largest absolute Gasteiger partial charge is 0.467 e. The summed E-state index contributed by atoms with van der Waals surface area (Å²) in [5.74, 6) is 1.83. The fourth-order valence-corrected chi connectivity index (χ4v) is 1.47. The van der Waals surface area contributed by atoms with Gasteiger partial charge in [-0.25, -0.2) is 0 Å². The fraction of sp³-hybridized carbons (Fsp3) is 0.583. The molecule has 1 aromatic heterocycles. The Labute approximate surface area is 120 Å². The first-order chi connectivity index (χ1) is 7.77. The molecule has 0 unspecified atom stereocenters. The third-order valence-corrected chi connectivity index (χ3v) is 2.42. The zero-order valence-corrected chi connectivity index (χ0v) is 13.1. The summed E-state index contributed by atoms with van der Waals surface area (Å²) >= 11 is 0. The van der Waals surface area contributed by atoms with Crippen molar-refractivity contribution in [2.24, 2.45) is 4.99 Å². The highest BCUT2D eigenvalue weighted by Gasteiger charge is 2.05. The molecular weight excluding hydrogens is 329 g/mol. The van der Waals surface area contributed by atoms with Gasteiger partial charge in [-0.1, -0.05) is 13.3 Å². The summed E-state index contributed by atoms with van der Waals surface area (Å²) < 4.78 is 5.25. The number of nitrogens with one attached hydrogen (secondary N) is 1. The van der Waals surface area contributed by atoms with E-state index in [4.69, 9.17) is 4.42 Å². The predicted molar refractivity (Wildman–Crippen MR) is 81.9 cm³/mol. The van der Waals surface area contributed by atoms with Gasteiger partial charge in [-0.05, 0) is 18.6 Å². The molecule has 0 aliphatic heterocycles. The molecule has 0 amide bonds. The van der Waals surface area contributed by atoms with Gasteiger partial charge in [-0.15, -0.1) is 24.0 Å². The van der Waals surface area contributed by atoms with Crippen molar-refractivity contribution >= 4 is 29.9 Å². The van der Waals surface area contributed by atoms with Crippen LogP contribution in [0, 0.1) is 0 Å². The molecule has 0 aliphatic carbocycles. The molecule has 0 aromatic carbocycles. The summed E-state index contributed by atoms with van der Waals surface area (Å²) in [5, 5.41) is 3.26. The van der Waals surface area contributed by atoms with Crippen molar-refractivity contribution in [2.45, 2.75) is 26.3 Å². The Morgan fingerprint density at radius 3 is 2.82 bits per heavy atom. The highest BCUT2D eigenvalue weighted by atomic mass is 127. The third-order valence-electron chi connectivity index (χ3n) is 2.42. The standard InChI is InChI=1S/C12H21N3O.HI/c1-4-5-8-15(3)12(13-2)14-10-11-7-6-9-16-11;/h6-7,9H,4-5,8,10H2,1-3H3,(H,13,14);1H. The number of guanidine groups is 1. The van der Waals surface area contributed by atoms with E-state index in [2.05, 4.69) is 22.1 Å². The number of hydrogen-bond donors (Lipinski definition) is 1. The van der Waals surface area contributed by atoms with Gasteiger partial charge in [0.25, 0.3) is 0 Å². The second-order valence-corrected chi connectivity index (χ2v) is 3.76. The van der Waals surface area contributed by atoms with Gasteiger partial charge >= 0.3 is 0 Å². The minimum atomic E-state index is 0.